The van der Waals surface area contributed by atoms with Crippen molar-refractivity contribution in [2.45, 2.75) is 6.92 Å². The van der Waals surface area contributed by atoms with Crippen LogP contribution in [-0.2, 0) is 4.79 Å². The van der Waals surface area contributed by atoms with Crippen molar-refractivity contribution < 1.29 is 9.53 Å². The summed E-state index contributed by atoms with van der Waals surface area (Å²) in [5, 5.41) is 4.02. The molecule has 0 bridgehead atoms. The summed E-state index contributed by atoms with van der Waals surface area (Å²) in [6.07, 6.45) is 3.77. The van der Waals surface area contributed by atoms with Gasteiger partial charge in [-0.05, 0) is 52.7 Å². The van der Waals surface area contributed by atoms with E-state index in [9.17, 15) is 4.79 Å². The van der Waals surface area contributed by atoms with Crippen LogP contribution in [-0.4, -0.2) is 18.2 Å². The molecule has 0 heterocycles. The van der Waals surface area contributed by atoms with Gasteiger partial charge in [0.05, 0.1) is 10.2 Å². The highest BCUT2D eigenvalue weighted by Gasteiger charge is 2.05. The number of carbonyl (C=O) groups is 1. The second-order valence-corrected chi connectivity index (χ2v) is 6.67. The van der Waals surface area contributed by atoms with Gasteiger partial charge < -0.3 is 4.74 Å². The van der Waals surface area contributed by atoms with E-state index < -0.39 is 0 Å². The van der Waals surface area contributed by atoms with E-state index in [4.69, 9.17) is 4.74 Å². The maximum absolute atomic E-state index is 11.8. The molecule has 0 aromatic heterocycles. The fourth-order valence-corrected chi connectivity index (χ4v) is 2.90. The van der Waals surface area contributed by atoms with Crippen molar-refractivity contribution >= 4 is 49.6 Å². The van der Waals surface area contributed by atoms with Crippen molar-refractivity contribution in [1.29, 1.82) is 0 Å². The van der Waals surface area contributed by atoms with E-state index in [0.29, 0.717) is 11.5 Å². The van der Waals surface area contributed by atoms with Gasteiger partial charge in [-0.1, -0.05) is 52.3 Å². The molecule has 1 N–H and O–H groups in total. The van der Waals surface area contributed by atoms with Crippen LogP contribution in [0.1, 0.15) is 12.5 Å². The minimum absolute atomic E-state index is 0.112. The Morgan fingerprint density at radius 2 is 1.96 bits per heavy atom. The maximum Gasteiger partial charge on any atom is 0.277 e. The number of rotatable bonds is 6. The SMILES string of the molecule is CC(/C=C/c1ccccc1)=N\NC(=O)COc1ccc(Br)cc1Br. The monoisotopic (exact) mass is 450 g/mol. The summed E-state index contributed by atoms with van der Waals surface area (Å²) >= 11 is 6.74. The van der Waals surface area contributed by atoms with Crippen molar-refractivity contribution in [3.8, 4) is 5.75 Å². The Balaban J connectivity index is 1.82. The van der Waals surface area contributed by atoms with E-state index in [1.54, 1.807) is 6.07 Å². The lowest BCUT2D eigenvalue weighted by atomic mass is 10.2. The molecule has 0 fully saturated rings. The fourth-order valence-electron chi connectivity index (χ4n) is 1.74. The third-order valence-electron chi connectivity index (χ3n) is 2.93. The maximum atomic E-state index is 11.8. The number of carbonyl (C=O) groups excluding carboxylic acids is 1. The van der Waals surface area contributed by atoms with Gasteiger partial charge in [-0.15, -0.1) is 0 Å². The Morgan fingerprint density at radius 3 is 2.67 bits per heavy atom. The van der Waals surface area contributed by atoms with Crippen LogP contribution >= 0.6 is 31.9 Å². The predicted molar refractivity (Wildman–Crippen MR) is 104 cm³/mol. The molecule has 124 valence electrons. The smallest absolute Gasteiger partial charge is 0.277 e. The number of nitrogens with zero attached hydrogens (tertiary/aromatic N) is 1. The summed E-state index contributed by atoms with van der Waals surface area (Å²) < 4.78 is 7.15. The average molecular weight is 452 g/mol. The molecule has 0 saturated carbocycles. The number of benzene rings is 2. The lowest BCUT2D eigenvalue weighted by molar-refractivity contribution is -0.123. The normalized spacial score (nSPS) is 11.5. The fraction of sp³-hybridized carbons (Fsp3) is 0.111. The Kier molecular flexibility index (Phi) is 7.21. The van der Waals surface area contributed by atoms with Crippen LogP contribution < -0.4 is 10.2 Å². The standard InChI is InChI=1S/C18H16Br2N2O2/c1-13(7-8-14-5-3-2-4-6-14)21-22-18(23)12-24-17-10-9-15(19)11-16(17)20/h2-11H,12H2,1H3,(H,22,23)/b8-7+,21-13+. The van der Waals surface area contributed by atoms with Gasteiger partial charge in [-0.2, -0.15) is 5.10 Å². The van der Waals surface area contributed by atoms with Gasteiger partial charge in [0, 0.05) is 4.47 Å². The van der Waals surface area contributed by atoms with Crippen molar-refractivity contribution in [3.05, 3.63) is 69.1 Å². The zero-order chi connectivity index (χ0) is 17.4. The van der Waals surface area contributed by atoms with Crippen LogP contribution in [0.25, 0.3) is 6.08 Å². The molecular weight excluding hydrogens is 436 g/mol. The largest absolute Gasteiger partial charge is 0.483 e. The highest BCUT2D eigenvalue weighted by molar-refractivity contribution is 9.11. The molecule has 0 aliphatic heterocycles. The van der Waals surface area contributed by atoms with Crippen LogP contribution in [0.15, 0.2) is 68.7 Å². The number of nitrogens with one attached hydrogen (secondary N) is 1. The molecule has 2 aromatic carbocycles. The van der Waals surface area contributed by atoms with Crippen LogP contribution in [0.2, 0.25) is 0 Å². The first kappa shape index (κ1) is 18.4. The zero-order valence-corrected chi connectivity index (χ0v) is 16.2. The molecular formula is C18H16Br2N2O2. The van der Waals surface area contributed by atoms with Crippen molar-refractivity contribution in [1.82, 2.24) is 5.43 Å². The molecule has 0 saturated heterocycles. The Hall–Kier alpha value is -1.92. The van der Waals surface area contributed by atoms with Gasteiger partial charge in [0.15, 0.2) is 6.61 Å². The summed E-state index contributed by atoms with van der Waals surface area (Å²) in [7, 11) is 0. The zero-order valence-electron chi connectivity index (χ0n) is 13.0. The predicted octanol–water partition coefficient (Wildman–Crippen LogP) is 4.80. The Labute approximate surface area is 157 Å². The second-order valence-electron chi connectivity index (χ2n) is 4.90. The minimum Gasteiger partial charge on any atom is -0.483 e. The highest BCUT2D eigenvalue weighted by Crippen LogP contribution is 2.27. The molecule has 0 unspecified atom stereocenters. The van der Waals surface area contributed by atoms with Crippen LogP contribution in [0.3, 0.4) is 0 Å². The summed E-state index contributed by atoms with van der Waals surface area (Å²) in [5.74, 6) is 0.273. The molecule has 6 heteroatoms. The first-order valence-electron chi connectivity index (χ1n) is 7.19. The lowest BCUT2D eigenvalue weighted by Gasteiger charge is -2.07. The summed E-state index contributed by atoms with van der Waals surface area (Å²) in [6.45, 7) is 1.70. The summed E-state index contributed by atoms with van der Waals surface area (Å²) in [6, 6.07) is 15.3. The van der Waals surface area contributed by atoms with Gasteiger partial charge in [0.25, 0.3) is 5.91 Å². The van der Waals surface area contributed by atoms with Crippen molar-refractivity contribution in [2.75, 3.05) is 6.61 Å². The van der Waals surface area contributed by atoms with E-state index in [2.05, 4.69) is 42.4 Å². The van der Waals surface area contributed by atoms with E-state index in [1.807, 2.05) is 61.5 Å². The lowest BCUT2D eigenvalue weighted by Crippen LogP contribution is -2.25. The minimum atomic E-state index is -0.322. The van der Waals surface area contributed by atoms with E-state index in [0.717, 1.165) is 14.5 Å². The number of halogens is 2. The van der Waals surface area contributed by atoms with E-state index >= 15 is 0 Å². The number of amides is 1. The number of allylic oxidation sites excluding steroid dienone is 1. The van der Waals surface area contributed by atoms with Gasteiger partial charge in [-0.25, -0.2) is 5.43 Å². The summed E-state index contributed by atoms with van der Waals surface area (Å²) in [4.78, 5) is 11.8. The molecule has 2 rings (SSSR count). The topological polar surface area (TPSA) is 50.7 Å². The number of hydrazone groups is 1. The molecule has 4 nitrogen and oxygen atoms in total. The van der Waals surface area contributed by atoms with Crippen molar-refractivity contribution in [2.24, 2.45) is 5.10 Å². The first-order valence-corrected chi connectivity index (χ1v) is 8.77. The van der Waals surface area contributed by atoms with Crippen LogP contribution in [0.5, 0.6) is 5.75 Å². The molecule has 2 aromatic rings. The number of hydrogen-bond donors (Lipinski definition) is 1. The Morgan fingerprint density at radius 1 is 1.21 bits per heavy atom. The molecule has 0 aliphatic rings. The number of hydrogen-bond acceptors (Lipinski definition) is 3. The van der Waals surface area contributed by atoms with Gasteiger partial charge in [-0.3, -0.25) is 4.79 Å². The molecule has 0 aliphatic carbocycles. The average Bonchev–Trinajstić information content (AvgIpc) is 2.58. The van der Waals surface area contributed by atoms with E-state index in [1.165, 1.54) is 0 Å². The van der Waals surface area contributed by atoms with Crippen LogP contribution in [0.4, 0.5) is 0 Å². The van der Waals surface area contributed by atoms with Gasteiger partial charge in [0.2, 0.25) is 0 Å². The second kappa shape index (κ2) is 9.39. The molecule has 24 heavy (non-hydrogen) atoms. The summed E-state index contributed by atoms with van der Waals surface area (Å²) in [5.41, 5.74) is 4.23. The molecule has 0 spiro atoms. The first-order chi connectivity index (χ1) is 11.5. The highest BCUT2D eigenvalue weighted by atomic mass is 79.9. The molecule has 0 radical (unpaired) electrons. The third-order valence-corrected chi connectivity index (χ3v) is 4.04. The quantitative estimate of drug-likeness (QED) is 0.506. The van der Waals surface area contributed by atoms with Crippen molar-refractivity contribution in [3.63, 3.8) is 0 Å². The van der Waals surface area contributed by atoms with E-state index in [-0.39, 0.29) is 12.5 Å². The number of ether oxygens (including phenoxy) is 1. The van der Waals surface area contributed by atoms with Crippen LogP contribution in [0, 0.1) is 0 Å². The third kappa shape index (κ3) is 6.29. The molecule has 0 atom stereocenters. The molecule has 1 amide bonds. The van der Waals surface area contributed by atoms with Gasteiger partial charge in [0.1, 0.15) is 5.75 Å². The van der Waals surface area contributed by atoms with Gasteiger partial charge >= 0.3 is 0 Å². The Bertz CT molecular complexity index is 759.